The number of imide groups is 1. The first-order valence-electron chi connectivity index (χ1n) is 6.93. The van der Waals surface area contributed by atoms with Gasteiger partial charge in [-0.25, -0.2) is 4.79 Å². The third-order valence-corrected chi connectivity index (χ3v) is 4.23. The number of aryl methyl sites for hydroxylation is 1. The molecule has 4 N–H and O–H groups in total. The van der Waals surface area contributed by atoms with Crippen molar-refractivity contribution in [2.45, 2.75) is 25.9 Å². The maximum atomic E-state index is 11.9. The summed E-state index contributed by atoms with van der Waals surface area (Å²) in [7, 11) is 0. The van der Waals surface area contributed by atoms with Gasteiger partial charge in [-0.2, -0.15) is 0 Å². The number of nitrogens with two attached hydrogens (primary N) is 1. The lowest BCUT2D eigenvalue weighted by Gasteiger charge is -2.22. The van der Waals surface area contributed by atoms with Gasteiger partial charge in [-0.3, -0.25) is 15.4 Å². The van der Waals surface area contributed by atoms with Crippen LogP contribution in [0.3, 0.4) is 0 Å². The Morgan fingerprint density at radius 3 is 2.41 bits per heavy atom. The van der Waals surface area contributed by atoms with Gasteiger partial charge in [-0.15, -0.1) is 11.3 Å². The number of urea groups is 1. The van der Waals surface area contributed by atoms with Gasteiger partial charge in [0.2, 0.25) is 5.91 Å². The monoisotopic (exact) mass is 317 g/mol. The molecule has 0 bridgehead atoms. The second-order valence-corrected chi connectivity index (χ2v) is 6.08. The molecule has 2 aromatic rings. The van der Waals surface area contributed by atoms with Crippen molar-refractivity contribution in [3.63, 3.8) is 0 Å². The maximum Gasteiger partial charge on any atom is 0.318 e. The molecule has 0 fully saturated rings. The summed E-state index contributed by atoms with van der Waals surface area (Å²) in [6.07, 6.45) is 0. The molecule has 0 aliphatic carbocycles. The van der Waals surface area contributed by atoms with Crippen molar-refractivity contribution in [1.29, 1.82) is 0 Å². The van der Waals surface area contributed by atoms with E-state index in [-0.39, 0.29) is 6.04 Å². The highest BCUT2D eigenvalue weighted by Crippen LogP contribution is 2.26. The third kappa shape index (κ3) is 4.16. The summed E-state index contributed by atoms with van der Waals surface area (Å²) in [6.45, 7) is 3.73. The van der Waals surface area contributed by atoms with Crippen molar-refractivity contribution in [3.8, 4) is 0 Å². The van der Waals surface area contributed by atoms with Gasteiger partial charge in [0, 0.05) is 4.88 Å². The van der Waals surface area contributed by atoms with E-state index in [0.717, 1.165) is 10.4 Å². The molecule has 0 aliphatic rings. The number of hydrogen-bond donors (Lipinski definition) is 3. The zero-order chi connectivity index (χ0) is 16.1. The quantitative estimate of drug-likeness (QED) is 0.791. The summed E-state index contributed by atoms with van der Waals surface area (Å²) in [5.41, 5.74) is 7.22. The molecule has 1 aromatic heterocycles. The number of thiophene rings is 1. The number of amides is 3. The van der Waals surface area contributed by atoms with Crippen LogP contribution < -0.4 is 16.4 Å². The number of carbonyl (C=O) groups excluding carboxylic acids is 2. The second kappa shape index (κ2) is 7.20. The van der Waals surface area contributed by atoms with Crippen LogP contribution in [0, 0.1) is 6.92 Å². The normalized spacial score (nSPS) is 13.4. The fraction of sp³-hybridized carbons (Fsp3) is 0.250. The predicted molar refractivity (Wildman–Crippen MR) is 87.7 cm³/mol. The van der Waals surface area contributed by atoms with E-state index in [9.17, 15) is 9.59 Å². The maximum absolute atomic E-state index is 11.9. The van der Waals surface area contributed by atoms with Gasteiger partial charge < -0.3 is 5.73 Å². The van der Waals surface area contributed by atoms with Crippen LogP contribution in [0.25, 0.3) is 0 Å². The molecule has 5 nitrogen and oxygen atoms in total. The largest absolute Gasteiger partial charge is 0.351 e. The average Bonchev–Trinajstić information content (AvgIpc) is 2.98. The van der Waals surface area contributed by atoms with E-state index in [1.807, 2.05) is 48.7 Å². The van der Waals surface area contributed by atoms with Crippen LogP contribution >= 0.6 is 11.3 Å². The fourth-order valence-electron chi connectivity index (χ4n) is 2.11. The molecule has 116 valence electrons. The second-order valence-electron chi connectivity index (χ2n) is 5.10. The molecular weight excluding hydrogens is 298 g/mol. The number of primary amides is 1. The van der Waals surface area contributed by atoms with Gasteiger partial charge >= 0.3 is 6.03 Å². The molecule has 6 heteroatoms. The lowest BCUT2D eigenvalue weighted by molar-refractivity contribution is -0.121. The van der Waals surface area contributed by atoms with Crippen LogP contribution in [0.2, 0.25) is 0 Å². The van der Waals surface area contributed by atoms with Crippen LogP contribution in [0.1, 0.15) is 29.0 Å². The Morgan fingerprint density at radius 1 is 1.18 bits per heavy atom. The summed E-state index contributed by atoms with van der Waals surface area (Å²) in [5.74, 6) is -0.443. The molecule has 2 rings (SSSR count). The van der Waals surface area contributed by atoms with Gasteiger partial charge in [0.05, 0.1) is 12.1 Å². The van der Waals surface area contributed by atoms with Crippen LogP contribution in [-0.4, -0.2) is 18.0 Å². The third-order valence-electron chi connectivity index (χ3n) is 3.29. The molecule has 3 amide bonds. The van der Waals surface area contributed by atoms with Crippen molar-refractivity contribution in [1.82, 2.24) is 10.6 Å². The van der Waals surface area contributed by atoms with Crippen LogP contribution in [0.5, 0.6) is 0 Å². The highest BCUT2D eigenvalue weighted by atomic mass is 32.1. The highest BCUT2D eigenvalue weighted by molar-refractivity contribution is 7.10. The Bertz CT molecular complexity index is 638. The Kier molecular flexibility index (Phi) is 5.30. The average molecular weight is 317 g/mol. The Balaban J connectivity index is 2.21. The lowest BCUT2D eigenvalue weighted by atomic mass is 10.0. The van der Waals surface area contributed by atoms with E-state index in [0.29, 0.717) is 0 Å². The van der Waals surface area contributed by atoms with Crippen LogP contribution in [-0.2, 0) is 4.79 Å². The first-order valence-corrected chi connectivity index (χ1v) is 7.81. The highest BCUT2D eigenvalue weighted by Gasteiger charge is 2.22. The SMILES string of the molecule is Cc1ccc([C@H](N[C@@H](C)C(=O)NC(N)=O)c2cccs2)cc1. The predicted octanol–water partition coefficient (Wildman–Crippen LogP) is 2.32. The standard InChI is InChI=1S/C16H19N3O2S/c1-10-5-7-12(8-6-10)14(13-4-3-9-22-13)18-11(2)15(20)19-16(17)21/h3-9,11,14,18H,1-2H3,(H3,17,19,20,21)/t11-,14-/m0/s1. The van der Waals surface area contributed by atoms with E-state index >= 15 is 0 Å². The lowest BCUT2D eigenvalue weighted by Crippen LogP contribution is -2.47. The molecule has 0 saturated carbocycles. The molecular formula is C16H19N3O2S. The van der Waals surface area contributed by atoms with Gasteiger partial charge in [-0.05, 0) is 30.9 Å². The topological polar surface area (TPSA) is 84.2 Å². The molecule has 0 aliphatic heterocycles. The first kappa shape index (κ1) is 16.2. The Labute approximate surface area is 133 Å². The summed E-state index contributed by atoms with van der Waals surface area (Å²) in [4.78, 5) is 23.8. The van der Waals surface area contributed by atoms with Crippen molar-refractivity contribution in [2.75, 3.05) is 0 Å². The molecule has 2 atom stereocenters. The molecule has 1 heterocycles. The Hall–Kier alpha value is -2.18. The number of rotatable bonds is 5. The van der Waals surface area contributed by atoms with Crippen molar-refractivity contribution in [2.24, 2.45) is 5.73 Å². The van der Waals surface area contributed by atoms with Crippen LogP contribution in [0.15, 0.2) is 41.8 Å². The number of carbonyl (C=O) groups is 2. The summed E-state index contributed by atoms with van der Waals surface area (Å²) < 4.78 is 0. The minimum absolute atomic E-state index is 0.116. The van der Waals surface area contributed by atoms with E-state index in [1.165, 1.54) is 5.56 Å². The van der Waals surface area contributed by atoms with Crippen LogP contribution in [0.4, 0.5) is 4.79 Å². The smallest absolute Gasteiger partial charge is 0.318 e. The number of benzene rings is 1. The summed E-state index contributed by atoms with van der Waals surface area (Å²) >= 11 is 1.61. The van der Waals surface area contributed by atoms with Crippen molar-refractivity contribution >= 4 is 23.3 Å². The van der Waals surface area contributed by atoms with E-state index in [1.54, 1.807) is 18.3 Å². The fourth-order valence-corrected chi connectivity index (χ4v) is 2.92. The molecule has 0 radical (unpaired) electrons. The molecule has 0 saturated heterocycles. The zero-order valence-corrected chi connectivity index (χ0v) is 13.3. The number of nitrogens with one attached hydrogen (secondary N) is 2. The molecule has 0 spiro atoms. The molecule has 0 unspecified atom stereocenters. The van der Waals surface area contributed by atoms with E-state index in [2.05, 4.69) is 10.6 Å². The minimum Gasteiger partial charge on any atom is -0.351 e. The Morgan fingerprint density at radius 2 is 1.86 bits per heavy atom. The van der Waals surface area contributed by atoms with Crippen molar-refractivity contribution < 1.29 is 9.59 Å². The molecule has 22 heavy (non-hydrogen) atoms. The van der Waals surface area contributed by atoms with E-state index in [4.69, 9.17) is 5.73 Å². The molecule has 1 aromatic carbocycles. The summed E-state index contributed by atoms with van der Waals surface area (Å²) in [5, 5.41) is 7.34. The van der Waals surface area contributed by atoms with E-state index < -0.39 is 18.0 Å². The van der Waals surface area contributed by atoms with Crippen molar-refractivity contribution in [3.05, 3.63) is 57.8 Å². The van der Waals surface area contributed by atoms with Gasteiger partial charge in [0.15, 0.2) is 0 Å². The minimum atomic E-state index is -0.846. The van der Waals surface area contributed by atoms with Gasteiger partial charge in [-0.1, -0.05) is 35.9 Å². The van der Waals surface area contributed by atoms with Gasteiger partial charge in [0.1, 0.15) is 0 Å². The van der Waals surface area contributed by atoms with Gasteiger partial charge in [0.25, 0.3) is 0 Å². The summed E-state index contributed by atoms with van der Waals surface area (Å²) in [6, 6.07) is 10.6. The zero-order valence-electron chi connectivity index (χ0n) is 12.5. The number of hydrogen-bond acceptors (Lipinski definition) is 4. The first-order chi connectivity index (χ1) is 10.5.